The third-order valence-electron chi connectivity index (χ3n) is 6.27. The van der Waals surface area contributed by atoms with Crippen molar-refractivity contribution < 1.29 is 9.59 Å². The Hall–Kier alpha value is -3.80. The van der Waals surface area contributed by atoms with Crippen molar-refractivity contribution in [2.24, 2.45) is 0 Å². The molecule has 6 heteroatoms. The van der Waals surface area contributed by atoms with Gasteiger partial charge in [0.25, 0.3) is 11.8 Å². The zero-order chi connectivity index (χ0) is 22.6. The molecule has 1 aromatic carbocycles. The van der Waals surface area contributed by atoms with Crippen LogP contribution in [-0.4, -0.2) is 28.3 Å². The van der Waals surface area contributed by atoms with Crippen molar-refractivity contribution in [2.75, 3.05) is 11.9 Å². The van der Waals surface area contributed by atoms with Crippen molar-refractivity contribution in [3.63, 3.8) is 0 Å². The number of pyridine rings is 2. The zero-order valence-electron chi connectivity index (χ0n) is 18.4. The van der Waals surface area contributed by atoms with Crippen LogP contribution >= 0.6 is 0 Å². The highest BCUT2D eigenvalue weighted by molar-refractivity contribution is 6.03. The summed E-state index contributed by atoms with van der Waals surface area (Å²) in [7, 11) is 0. The van der Waals surface area contributed by atoms with Crippen LogP contribution in [0.4, 0.5) is 5.82 Å². The minimum Gasteiger partial charge on any atom is -0.352 e. The summed E-state index contributed by atoms with van der Waals surface area (Å²) in [6.07, 6.45) is 11.5. The molecule has 1 aliphatic heterocycles. The van der Waals surface area contributed by atoms with E-state index in [1.54, 1.807) is 24.5 Å². The molecule has 1 aliphatic carbocycles. The van der Waals surface area contributed by atoms with Crippen LogP contribution in [0.25, 0.3) is 5.57 Å². The van der Waals surface area contributed by atoms with Gasteiger partial charge in [-0.3, -0.25) is 14.6 Å². The Morgan fingerprint density at radius 1 is 0.939 bits per heavy atom. The second-order valence-corrected chi connectivity index (χ2v) is 8.49. The number of aryl methyl sites for hydroxylation is 1. The van der Waals surface area contributed by atoms with E-state index in [0.717, 1.165) is 65.7 Å². The Labute approximate surface area is 193 Å². The van der Waals surface area contributed by atoms with Gasteiger partial charge in [0, 0.05) is 42.0 Å². The van der Waals surface area contributed by atoms with Gasteiger partial charge >= 0.3 is 0 Å². The van der Waals surface area contributed by atoms with Crippen LogP contribution in [0.15, 0.2) is 60.9 Å². The molecule has 2 N–H and O–H groups in total. The maximum absolute atomic E-state index is 12.6. The Balaban J connectivity index is 1.38. The monoisotopic (exact) mass is 438 g/mol. The number of carbonyl (C=O) groups is 2. The number of allylic oxidation sites excluding steroid dienone is 1. The molecule has 0 saturated heterocycles. The quantitative estimate of drug-likeness (QED) is 0.628. The van der Waals surface area contributed by atoms with Crippen molar-refractivity contribution in [1.29, 1.82) is 0 Å². The molecule has 5 rings (SSSR count). The lowest BCUT2D eigenvalue weighted by Crippen LogP contribution is -2.26. The average Bonchev–Trinajstić information content (AvgIpc) is 3.27. The van der Waals surface area contributed by atoms with Crippen LogP contribution in [0.2, 0.25) is 0 Å². The molecule has 0 radical (unpaired) electrons. The van der Waals surface area contributed by atoms with E-state index in [1.807, 2.05) is 24.3 Å². The van der Waals surface area contributed by atoms with E-state index in [9.17, 15) is 9.59 Å². The molecule has 0 bridgehead atoms. The number of nitrogens with zero attached hydrogens (tertiary/aromatic N) is 2. The lowest BCUT2D eigenvalue weighted by atomic mass is 9.93. The number of nitrogens with one attached hydrogen (secondary N) is 2. The third kappa shape index (κ3) is 4.55. The van der Waals surface area contributed by atoms with Crippen molar-refractivity contribution in [3.05, 3.63) is 94.4 Å². The fraction of sp³-hybridized carbons (Fsp3) is 0.259. The van der Waals surface area contributed by atoms with Gasteiger partial charge in [0.05, 0.1) is 5.69 Å². The molecule has 0 atom stereocenters. The highest BCUT2D eigenvalue weighted by Crippen LogP contribution is 2.34. The Morgan fingerprint density at radius 2 is 1.76 bits per heavy atom. The number of aromatic nitrogens is 2. The zero-order valence-corrected chi connectivity index (χ0v) is 18.4. The van der Waals surface area contributed by atoms with Crippen LogP contribution in [0.5, 0.6) is 0 Å². The Morgan fingerprint density at radius 3 is 2.64 bits per heavy atom. The van der Waals surface area contributed by atoms with Crippen LogP contribution in [0, 0.1) is 0 Å². The molecule has 33 heavy (non-hydrogen) atoms. The van der Waals surface area contributed by atoms with Gasteiger partial charge < -0.3 is 10.6 Å². The standard InChI is InChI=1S/C27H26N4O2/c32-26(18-12-15-28-16-13-18)31-25-11-9-23-21(8-10-24(23)30-25)20-6-7-22-19(17-20)5-3-1-2-4-14-29-27(22)33/h6-9,11-13,15-17H,1-5,10,14H2,(H,29,33)(H,30,31,32). The smallest absolute Gasteiger partial charge is 0.256 e. The summed E-state index contributed by atoms with van der Waals surface area (Å²) >= 11 is 0. The molecule has 0 spiro atoms. The number of rotatable bonds is 3. The second-order valence-electron chi connectivity index (χ2n) is 8.49. The van der Waals surface area contributed by atoms with Gasteiger partial charge in [-0.1, -0.05) is 31.1 Å². The maximum atomic E-state index is 12.6. The van der Waals surface area contributed by atoms with Crippen molar-refractivity contribution in [3.8, 4) is 0 Å². The summed E-state index contributed by atoms with van der Waals surface area (Å²) in [4.78, 5) is 33.7. The summed E-state index contributed by atoms with van der Waals surface area (Å²) < 4.78 is 0. The molecule has 0 saturated carbocycles. The predicted octanol–water partition coefficient (Wildman–Crippen LogP) is 4.56. The number of carbonyl (C=O) groups excluding carboxylic acids is 2. The first-order chi connectivity index (χ1) is 16.2. The van der Waals surface area contributed by atoms with Crippen LogP contribution in [0.1, 0.15) is 68.8 Å². The van der Waals surface area contributed by atoms with Gasteiger partial charge in [-0.05, 0) is 66.3 Å². The number of anilines is 1. The predicted molar refractivity (Wildman–Crippen MR) is 128 cm³/mol. The van der Waals surface area contributed by atoms with Gasteiger partial charge in [0.2, 0.25) is 0 Å². The Kier molecular flexibility index (Phi) is 5.98. The first-order valence-corrected chi connectivity index (χ1v) is 11.5. The number of fused-ring (bicyclic) bond motifs is 2. The van der Waals surface area contributed by atoms with Gasteiger partial charge in [0.1, 0.15) is 5.82 Å². The first kappa shape index (κ1) is 21.1. The summed E-state index contributed by atoms with van der Waals surface area (Å²) in [5, 5.41) is 5.91. The lowest BCUT2D eigenvalue weighted by molar-refractivity contribution is 0.0950. The summed E-state index contributed by atoms with van der Waals surface area (Å²) in [6.45, 7) is 0.740. The van der Waals surface area contributed by atoms with Gasteiger partial charge in [-0.25, -0.2) is 4.98 Å². The largest absolute Gasteiger partial charge is 0.352 e. The van der Waals surface area contributed by atoms with E-state index in [-0.39, 0.29) is 11.8 Å². The number of benzene rings is 1. The molecule has 2 aromatic heterocycles. The molecular formula is C27H26N4O2. The average molecular weight is 439 g/mol. The molecule has 2 amide bonds. The molecule has 3 aromatic rings. The Bertz CT molecular complexity index is 1230. The highest BCUT2D eigenvalue weighted by atomic mass is 16.2. The van der Waals surface area contributed by atoms with Gasteiger partial charge in [-0.2, -0.15) is 0 Å². The summed E-state index contributed by atoms with van der Waals surface area (Å²) in [6, 6.07) is 13.4. The molecule has 0 fully saturated rings. The van der Waals surface area contributed by atoms with Crippen LogP contribution < -0.4 is 10.6 Å². The van der Waals surface area contributed by atoms with Gasteiger partial charge in [0.15, 0.2) is 0 Å². The number of hydrogen-bond acceptors (Lipinski definition) is 4. The van der Waals surface area contributed by atoms with Crippen LogP contribution in [-0.2, 0) is 12.8 Å². The molecule has 3 heterocycles. The molecule has 2 aliphatic rings. The van der Waals surface area contributed by atoms with Crippen molar-refractivity contribution in [1.82, 2.24) is 15.3 Å². The second kappa shape index (κ2) is 9.36. The van der Waals surface area contributed by atoms with Crippen molar-refractivity contribution >= 4 is 23.2 Å². The van der Waals surface area contributed by atoms with E-state index in [4.69, 9.17) is 0 Å². The fourth-order valence-electron chi connectivity index (χ4n) is 4.53. The topological polar surface area (TPSA) is 84.0 Å². The van der Waals surface area contributed by atoms with E-state index in [1.165, 1.54) is 6.42 Å². The minimum atomic E-state index is -0.206. The molecular weight excluding hydrogens is 412 g/mol. The molecule has 166 valence electrons. The fourth-order valence-corrected chi connectivity index (χ4v) is 4.53. The van der Waals surface area contributed by atoms with E-state index >= 15 is 0 Å². The van der Waals surface area contributed by atoms with Crippen LogP contribution in [0.3, 0.4) is 0 Å². The lowest BCUT2D eigenvalue weighted by Gasteiger charge is -2.15. The molecule has 6 nitrogen and oxygen atoms in total. The van der Waals surface area contributed by atoms with E-state index < -0.39 is 0 Å². The number of amides is 2. The van der Waals surface area contributed by atoms with Crippen molar-refractivity contribution in [2.45, 2.75) is 38.5 Å². The first-order valence-electron chi connectivity index (χ1n) is 11.5. The molecule has 0 unspecified atom stereocenters. The van der Waals surface area contributed by atoms with E-state index in [2.05, 4.69) is 32.7 Å². The summed E-state index contributed by atoms with van der Waals surface area (Å²) in [5.74, 6) is 0.352. The van der Waals surface area contributed by atoms with Gasteiger partial charge in [-0.15, -0.1) is 0 Å². The number of hydrogen-bond donors (Lipinski definition) is 2. The third-order valence-corrected chi connectivity index (χ3v) is 6.27. The SMILES string of the molecule is O=C(Nc1ccc2c(n1)CC=C2c1ccc2c(c1)CCCCCCNC2=O)c1ccncc1. The minimum absolute atomic E-state index is 0.0236. The maximum Gasteiger partial charge on any atom is 0.256 e. The highest BCUT2D eigenvalue weighted by Gasteiger charge is 2.20. The van der Waals surface area contributed by atoms with E-state index in [0.29, 0.717) is 17.8 Å². The normalized spacial score (nSPS) is 15.6. The summed E-state index contributed by atoms with van der Waals surface area (Å²) in [5.41, 5.74) is 6.68.